The lowest BCUT2D eigenvalue weighted by Gasteiger charge is -2.06. The number of hydrogen-bond acceptors (Lipinski definition) is 0. The van der Waals surface area contributed by atoms with Gasteiger partial charge in [0.1, 0.15) is 18.1 Å². The highest BCUT2D eigenvalue weighted by Gasteiger charge is 2.20. The first-order valence-corrected chi connectivity index (χ1v) is 13.6. The van der Waals surface area contributed by atoms with Crippen LogP contribution in [0.25, 0.3) is 17.1 Å². The first-order chi connectivity index (χ1) is 16.4. The van der Waals surface area contributed by atoms with Gasteiger partial charge in [-0.1, -0.05) is 120 Å². The van der Waals surface area contributed by atoms with E-state index in [1.54, 1.807) is 0 Å². The molecule has 0 saturated heterocycles. The van der Waals surface area contributed by atoms with Crippen LogP contribution in [0, 0.1) is 0 Å². The van der Waals surface area contributed by atoms with Crippen molar-refractivity contribution in [3.05, 3.63) is 73.1 Å². The van der Waals surface area contributed by atoms with Crippen LogP contribution in [0.3, 0.4) is 0 Å². The number of imidazole rings is 1. The molecule has 3 aromatic rings. The quantitative estimate of drug-likeness (QED) is 0.145. The predicted octanol–water partition coefficient (Wildman–Crippen LogP) is 8.91. The Labute approximate surface area is 202 Å². The molecule has 0 atom stereocenters. The zero-order valence-electron chi connectivity index (χ0n) is 20.9. The molecule has 0 fully saturated rings. The molecule has 3 rings (SSSR count). The predicted molar refractivity (Wildman–Crippen MR) is 142 cm³/mol. The average Bonchev–Trinajstić information content (AvgIpc) is 3.29. The Kier molecular flexibility index (Phi) is 11.9. The van der Waals surface area contributed by atoms with Crippen molar-refractivity contribution in [3.63, 3.8) is 0 Å². The second kappa shape index (κ2) is 15.5. The van der Waals surface area contributed by atoms with Crippen molar-refractivity contribution >= 4 is 0 Å². The van der Waals surface area contributed by atoms with Crippen molar-refractivity contribution in [1.82, 2.24) is 4.57 Å². The van der Waals surface area contributed by atoms with Crippen molar-refractivity contribution in [2.24, 2.45) is 0 Å². The molecule has 0 aliphatic rings. The van der Waals surface area contributed by atoms with Crippen LogP contribution in [0.1, 0.15) is 96.8 Å². The SMILES string of the molecule is CCCCCCCCCCCCCCCC[n+]1ccn(-c2ccccc2)c1-c1ccccc1. The first-order valence-electron chi connectivity index (χ1n) is 13.6. The molecule has 1 heterocycles. The molecule has 1 aromatic heterocycles. The molecular formula is C31H45N2+. The lowest BCUT2D eigenvalue weighted by Crippen LogP contribution is -2.34. The smallest absolute Gasteiger partial charge is 0.230 e. The normalized spacial score (nSPS) is 11.2. The molecule has 0 aliphatic carbocycles. The molecule has 0 bridgehead atoms. The van der Waals surface area contributed by atoms with Gasteiger partial charge in [0.25, 0.3) is 5.82 Å². The summed E-state index contributed by atoms with van der Waals surface area (Å²) in [7, 11) is 0. The molecule has 33 heavy (non-hydrogen) atoms. The highest BCUT2D eigenvalue weighted by molar-refractivity contribution is 5.55. The standard InChI is InChI=1S/C31H45N2/c1-2-3-4-5-6-7-8-9-10-11-12-13-14-21-26-32-27-28-33(30-24-19-16-20-25-30)31(32)29-22-17-15-18-23-29/h15-20,22-25,27-28H,2-14,21,26H2,1H3/q+1. The number of rotatable bonds is 17. The molecule has 2 heteroatoms. The van der Waals surface area contributed by atoms with Crippen LogP contribution in [0.2, 0.25) is 0 Å². The minimum atomic E-state index is 1.09. The van der Waals surface area contributed by atoms with Crippen LogP contribution < -0.4 is 4.57 Å². The summed E-state index contributed by atoms with van der Waals surface area (Å²) in [6.07, 6.45) is 24.1. The number of nitrogens with zero attached hydrogens (tertiary/aromatic N) is 2. The van der Waals surface area contributed by atoms with E-state index in [0.29, 0.717) is 0 Å². The van der Waals surface area contributed by atoms with Crippen LogP contribution in [-0.2, 0) is 6.54 Å². The highest BCUT2D eigenvalue weighted by Crippen LogP contribution is 2.20. The number of para-hydroxylation sites is 1. The highest BCUT2D eigenvalue weighted by atomic mass is 15.2. The summed E-state index contributed by atoms with van der Waals surface area (Å²) in [5, 5.41) is 0. The largest absolute Gasteiger partial charge is 0.294 e. The minimum absolute atomic E-state index is 1.09. The van der Waals surface area contributed by atoms with Gasteiger partial charge >= 0.3 is 0 Å². The topological polar surface area (TPSA) is 8.81 Å². The Bertz CT molecular complexity index is 866. The fourth-order valence-corrected chi connectivity index (χ4v) is 4.77. The van der Waals surface area contributed by atoms with Crippen molar-refractivity contribution in [3.8, 4) is 17.1 Å². The lowest BCUT2D eigenvalue weighted by molar-refractivity contribution is -0.685. The summed E-state index contributed by atoms with van der Waals surface area (Å²) in [5.74, 6) is 1.27. The lowest BCUT2D eigenvalue weighted by atomic mass is 10.0. The summed E-state index contributed by atoms with van der Waals surface area (Å²) in [6.45, 7) is 3.38. The maximum Gasteiger partial charge on any atom is 0.294 e. The van der Waals surface area contributed by atoms with Gasteiger partial charge in [-0.3, -0.25) is 0 Å². The zero-order chi connectivity index (χ0) is 23.0. The number of hydrogen-bond donors (Lipinski definition) is 0. The van der Waals surface area contributed by atoms with Gasteiger partial charge in [-0.15, -0.1) is 0 Å². The van der Waals surface area contributed by atoms with E-state index in [-0.39, 0.29) is 0 Å². The van der Waals surface area contributed by atoms with Crippen LogP contribution in [0.15, 0.2) is 73.1 Å². The van der Waals surface area contributed by atoms with Gasteiger partial charge in [-0.2, -0.15) is 4.57 Å². The Morgan fingerprint density at radius 2 is 1.06 bits per heavy atom. The molecule has 2 nitrogen and oxygen atoms in total. The number of aryl methyl sites for hydroxylation is 1. The molecule has 0 N–H and O–H groups in total. The Balaban J connectivity index is 1.36. The number of unbranched alkanes of at least 4 members (excludes halogenated alkanes) is 13. The number of benzene rings is 2. The molecular weight excluding hydrogens is 400 g/mol. The van der Waals surface area contributed by atoms with Gasteiger partial charge < -0.3 is 0 Å². The van der Waals surface area contributed by atoms with Gasteiger partial charge in [0.2, 0.25) is 0 Å². The van der Waals surface area contributed by atoms with Gasteiger partial charge in [0.15, 0.2) is 0 Å². The molecule has 0 aliphatic heterocycles. The summed E-state index contributed by atoms with van der Waals surface area (Å²) >= 11 is 0. The van der Waals surface area contributed by atoms with E-state index in [0.717, 1.165) is 6.54 Å². The van der Waals surface area contributed by atoms with Crippen LogP contribution in [0.4, 0.5) is 0 Å². The summed E-state index contributed by atoms with van der Waals surface area (Å²) in [6, 6.07) is 21.5. The third-order valence-electron chi connectivity index (χ3n) is 6.71. The van der Waals surface area contributed by atoms with Crippen molar-refractivity contribution < 1.29 is 4.57 Å². The zero-order valence-corrected chi connectivity index (χ0v) is 20.9. The van der Waals surface area contributed by atoms with Crippen LogP contribution >= 0.6 is 0 Å². The second-order valence-electron chi connectivity index (χ2n) is 9.48. The van der Waals surface area contributed by atoms with Crippen molar-refractivity contribution in [2.45, 2.75) is 103 Å². The van der Waals surface area contributed by atoms with Crippen molar-refractivity contribution in [2.75, 3.05) is 0 Å². The Morgan fingerprint density at radius 1 is 0.576 bits per heavy atom. The third-order valence-corrected chi connectivity index (χ3v) is 6.71. The summed E-state index contributed by atoms with van der Waals surface area (Å²) < 4.78 is 4.75. The Morgan fingerprint density at radius 3 is 1.61 bits per heavy atom. The van der Waals surface area contributed by atoms with E-state index < -0.39 is 0 Å². The maximum atomic E-state index is 2.43. The van der Waals surface area contributed by atoms with Crippen LogP contribution in [0.5, 0.6) is 0 Å². The van der Waals surface area contributed by atoms with E-state index in [9.17, 15) is 0 Å². The van der Waals surface area contributed by atoms with E-state index >= 15 is 0 Å². The third kappa shape index (κ3) is 8.84. The van der Waals surface area contributed by atoms with Crippen molar-refractivity contribution in [1.29, 1.82) is 0 Å². The number of aromatic nitrogens is 2. The maximum absolute atomic E-state index is 2.43. The molecule has 0 unspecified atom stereocenters. The molecule has 0 radical (unpaired) electrons. The molecule has 178 valence electrons. The van der Waals surface area contributed by atoms with Gasteiger partial charge in [0, 0.05) is 0 Å². The second-order valence-corrected chi connectivity index (χ2v) is 9.48. The molecule has 0 saturated carbocycles. The Hall–Kier alpha value is -2.35. The van der Waals surface area contributed by atoms with Gasteiger partial charge in [0.05, 0.1) is 12.1 Å². The van der Waals surface area contributed by atoms with Crippen LogP contribution in [-0.4, -0.2) is 4.57 Å². The fourth-order valence-electron chi connectivity index (χ4n) is 4.77. The monoisotopic (exact) mass is 445 g/mol. The minimum Gasteiger partial charge on any atom is -0.230 e. The van der Waals surface area contributed by atoms with Gasteiger partial charge in [-0.05, 0) is 37.1 Å². The average molecular weight is 446 g/mol. The van der Waals surface area contributed by atoms with Gasteiger partial charge in [-0.25, -0.2) is 4.57 Å². The molecule has 0 amide bonds. The summed E-state index contributed by atoms with van der Waals surface area (Å²) in [5.41, 5.74) is 2.49. The van der Waals surface area contributed by atoms with E-state index in [1.807, 2.05) is 0 Å². The van der Waals surface area contributed by atoms with E-state index in [1.165, 1.54) is 107 Å². The summed E-state index contributed by atoms with van der Waals surface area (Å²) in [4.78, 5) is 0. The molecule has 2 aromatic carbocycles. The molecule has 0 spiro atoms. The van der Waals surface area contributed by atoms with E-state index in [4.69, 9.17) is 0 Å². The van der Waals surface area contributed by atoms with E-state index in [2.05, 4.69) is 89.1 Å². The fraction of sp³-hybridized carbons (Fsp3) is 0.516. The first kappa shape index (κ1) is 25.3.